The minimum Gasteiger partial charge on any atom is -0.455 e. The smallest absolute Gasteiger partial charge is 0.145 e. The first-order valence-corrected chi connectivity index (χ1v) is 14.3. The van der Waals surface area contributed by atoms with Gasteiger partial charge in [0.25, 0.3) is 0 Å². The first-order valence-electron chi connectivity index (χ1n) is 14.3. The van der Waals surface area contributed by atoms with E-state index in [1.165, 1.54) is 44.3 Å². The number of hydrogen-bond acceptors (Lipinski definition) is 1. The maximum absolute atomic E-state index is 6.49. The van der Waals surface area contributed by atoms with Gasteiger partial charge in [0.2, 0.25) is 0 Å². The van der Waals surface area contributed by atoms with Crippen LogP contribution in [0.5, 0.6) is 0 Å². The maximum Gasteiger partial charge on any atom is 0.145 e. The molecule has 0 saturated heterocycles. The fraction of sp³-hybridized carbons (Fsp3) is 0.0769. The Balaban J connectivity index is 1.26. The van der Waals surface area contributed by atoms with Crippen molar-refractivity contribution in [1.29, 1.82) is 0 Å². The molecule has 1 aliphatic carbocycles. The van der Waals surface area contributed by atoms with Crippen LogP contribution in [-0.2, 0) is 5.41 Å². The number of benzene rings is 6. The summed E-state index contributed by atoms with van der Waals surface area (Å²) in [4.78, 5) is 0. The predicted molar refractivity (Wildman–Crippen MR) is 171 cm³/mol. The number of fused-ring (bicyclic) bond motifs is 10. The molecule has 6 aromatic carbocycles. The lowest BCUT2D eigenvalue weighted by Gasteiger charge is -2.22. The van der Waals surface area contributed by atoms with Gasteiger partial charge in [0.1, 0.15) is 11.2 Å². The molecule has 2 heteroatoms. The number of furan rings is 1. The summed E-state index contributed by atoms with van der Waals surface area (Å²) >= 11 is 0. The molecule has 0 amide bonds. The highest BCUT2D eigenvalue weighted by Gasteiger charge is 2.35. The molecule has 0 radical (unpaired) electrons. The molecule has 2 heterocycles. The molecule has 2 nitrogen and oxygen atoms in total. The van der Waals surface area contributed by atoms with E-state index in [0.717, 1.165) is 38.5 Å². The highest BCUT2D eigenvalue weighted by molar-refractivity contribution is 6.23. The van der Waals surface area contributed by atoms with Crippen molar-refractivity contribution >= 4 is 43.7 Å². The van der Waals surface area contributed by atoms with Crippen LogP contribution in [0.2, 0.25) is 0 Å². The number of rotatable bonds is 2. The molecule has 1 aliphatic rings. The van der Waals surface area contributed by atoms with E-state index >= 15 is 0 Å². The normalized spacial score (nSPS) is 13.8. The average Bonchev–Trinajstić information content (AvgIpc) is 3.63. The van der Waals surface area contributed by atoms with E-state index in [4.69, 9.17) is 4.42 Å². The van der Waals surface area contributed by atoms with Gasteiger partial charge in [0.15, 0.2) is 0 Å². The SMILES string of the molecule is CC1(C)c2ccccc2-c2ccc(-c3cccc(-n4c5ccccc5c5c6oc7ccccc7c6ccc54)c3)cc21. The summed E-state index contributed by atoms with van der Waals surface area (Å²) in [5.74, 6) is 0. The fourth-order valence-electron chi connectivity index (χ4n) is 7.22. The van der Waals surface area contributed by atoms with Crippen LogP contribution in [0.4, 0.5) is 0 Å². The Hall–Kier alpha value is -5.08. The van der Waals surface area contributed by atoms with Crippen molar-refractivity contribution in [2.75, 3.05) is 0 Å². The van der Waals surface area contributed by atoms with Crippen molar-refractivity contribution in [1.82, 2.24) is 4.57 Å². The lowest BCUT2D eigenvalue weighted by atomic mass is 9.81. The molecule has 0 aliphatic heterocycles. The molecule has 0 spiro atoms. The number of para-hydroxylation sites is 2. The lowest BCUT2D eigenvalue weighted by Crippen LogP contribution is -2.14. The monoisotopic (exact) mass is 525 g/mol. The maximum atomic E-state index is 6.49. The third-order valence-corrected chi connectivity index (χ3v) is 9.20. The first kappa shape index (κ1) is 22.7. The van der Waals surface area contributed by atoms with E-state index in [1.54, 1.807) is 0 Å². The Morgan fingerprint density at radius 1 is 0.537 bits per heavy atom. The Morgan fingerprint density at radius 2 is 1.29 bits per heavy atom. The van der Waals surface area contributed by atoms with Crippen LogP contribution in [0, 0.1) is 0 Å². The topological polar surface area (TPSA) is 18.1 Å². The summed E-state index contributed by atoms with van der Waals surface area (Å²) in [6.45, 7) is 4.68. The second-order valence-corrected chi connectivity index (χ2v) is 11.8. The zero-order valence-corrected chi connectivity index (χ0v) is 23.0. The van der Waals surface area contributed by atoms with E-state index in [2.05, 4.69) is 140 Å². The molecule has 0 saturated carbocycles. The van der Waals surface area contributed by atoms with Gasteiger partial charge in [0.05, 0.1) is 16.4 Å². The van der Waals surface area contributed by atoms with Crippen molar-refractivity contribution in [2.24, 2.45) is 0 Å². The Morgan fingerprint density at radius 3 is 2.22 bits per heavy atom. The van der Waals surface area contributed by atoms with Crippen molar-refractivity contribution in [3.63, 3.8) is 0 Å². The second-order valence-electron chi connectivity index (χ2n) is 11.8. The molecule has 41 heavy (non-hydrogen) atoms. The van der Waals surface area contributed by atoms with Crippen LogP contribution in [0.15, 0.2) is 132 Å². The van der Waals surface area contributed by atoms with Crippen molar-refractivity contribution in [2.45, 2.75) is 19.3 Å². The van der Waals surface area contributed by atoms with Crippen LogP contribution < -0.4 is 0 Å². The summed E-state index contributed by atoms with van der Waals surface area (Å²) in [5.41, 5.74) is 13.3. The summed E-state index contributed by atoms with van der Waals surface area (Å²) < 4.78 is 8.87. The van der Waals surface area contributed by atoms with Crippen LogP contribution >= 0.6 is 0 Å². The van der Waals surface area contributed by atoms with Gasteiger partial charge in [-0.3, -0.25) is 0 Å². The van der Waals surface area contributed by atoms with E-state index < -0.39 is 0 Å². The predicted octanol–water partition coefficient (Wildman–Crippen LogP) is 10.7. The Kier molecular flexibility index (Phi) is 4.42. The van der Waals surface area contributed by atoms with Gasteiger partial charge in [-0.1, -0.05) is 98.8 Å². The molecule has 0 fully saturated rings. The van der Waals surface area contributed by atoms with Gasteiger partial charge >= 0.3 is 0 Å². The van der Waals surface area contributed by atoms with Gasteiger partial charge in [0, 0.05) is 27.3 Å². The molecule has 0 atom stereocenters. The van der Waals surface area contributed by atoms with Crippen LogP contribution in [0.25, 0.3) is 71.7 Å². The first-order chi connectivity index (χ1) is 20.1. The standard InChI is InChI=1S/C39H27NO/c1-39(2)32-15-6-3-12-27(32)28-19-18-25(23-33(28)39)24-10-9-11-26(22-24)40-34-16-7-4-14-31(34)37-35(40)21-20-30-29-13-5-8-17-36(29)41-38(30)37/h3-23H,1-2H3. The highest BCUT2D eigenvalue weighted by Crippen LogP contribution is 2.49. The van der Waals surface area contributed by atoms with Gasteiger partial charge in [-0.2, -0.15) is 0 Å². The third-order valence-electron chi connectivity index (χ3n) is 9.20. The minimum absolute atomic E-state index is 0.0235. The largest absolute Gasteiger partial charge is 0.455 e. The molecule has 194 valence electrons. The molecular formula is C39H27NO. The van der Waals surface area contributed by atoms with Crippen LogP contribution in [0.3, 0.4) is 0 Å². The van der Waals surface area contributed by atoms with E-state index in [0.29, 0.717) is 0 Å². The number of aromatic nitrogens is 1. The molecule has 2 aromatic heterocycles. The quantitative estimate of drug-likeness (QED) is 0.219. The van der Waals surface area contributed by atoms with Crippen molar-refractivity contribution in [3.05, 3.63) is 139 Å². The van der Waals surface area contributed by atoms with E-state index in [-0.39, 0.29) is 5.41 Å². The zero-order chi connectivity index (χ0) is 27.3. The summed E-state index contributed by atoms with van der Waals surface area (Å²) in [6, 6.07) is 46.2. The Labute approximate surface area is 238 Å². The van der Waals surface area contributed by atoms with Crippen LogP contribution in [-0.4, -0.2) is 4.57 Å². The number of nitrogens with zero attached hydrogens (tertiary/aromatic N) is 1. The average molecular weight is 526 g/mol. The number of hydrogen-bond donors (Lipinski definition) is 0. The van der Waals surface area contributed by atoms with Crippen molar-refractivity contribution in [3.8, 4) is 27.9 Å². The summed E-state index contributed by atoms with van der Waals surface area (Å²) in [7, 11) is 0. The van der Waals surface area contributed by atoms with E-state index in [9.17, 15) is 0 Å². The second kappa shape index (κ2) is 7.99. The third kappa shape index (κ3) is 3.02. The molecule has 0 N–H and O–H groups in total. The zero-order valence-electron chi connectivity index (χ0n) is 23.0. The van der Waals surface area contributed by atoms with Crippen molar-refractivity contribution < 1.29 is 4.42 Å². The fourth-order valence-corrected chi connectivity index (χ4v) is 7.22. The van der Waals surface area contributed by atoms with Gasteiger partial charge in [-0.25, -0.2) is 0 Å². The van der Waals surface area contributed by atoms with Gasteiger partial charge in [-0.15, -0.1) is 0 Å². The highest BCUT2D eigenvalue weighted by atomic mass is 16.3. The molecule has 9 rings (SSSR count). The van der Waals surface area contributed by atoms with Gasteiger partial charge < -0.3 is 8.98 Å². The minimum atomic E-state index is -0.0235. The summed E-state index contributed by atoms with van der Waals surface area (Å²) in [6.07, 6.45) is 0. The molecule has 0 unspecified atom stereocenters. The molecule has 0 bridgehead atoms. The summed E-state index contributed by atoms with van der Waals surface area (Å²) in [5, 5.41) is 4.68. The van der Waals surface area contributed by atoms with Gasteiger partial charge in [-0.05, 0) is 75.8 Å². The molecule has 8 aromatic rings. The molecular weight excluding hydrogens is 498 g/mol. The van der Waals surface area contributed by atoms with E-state index in [1.807, 2.05) is 6.07 Å². The Bertz CT molecular complexity index is 2350. The lowest BCUT2D eigenvalue weighted by molar-refractivity contribution is 0.660. The van der Waals surface area contributed by atoms with Crippen LogP contribution in [0.1, 0.15) is 25.0 Å².